The molecule has 0 spiro atoms. The molecule has 0 saturated heterocycles. The minimum atomic E-state index is 0.561. The van der Waals surface area contributed by atoms with E-state index in [0.29, 0.717) is 6.04 Å². The number of hydrazine groups is 1. The fourth-order valence-electron chi connectivity index (χ4n) is 2.62. The van der Waals surface area contributed by atoms with Gasteiger partial charge in [0.2, 0.25) is 0 Å². The summed E-state index contributed by atoms with van der Waals surface area (Å²) in [6.45, 7) is 3.19. The highest BCUT2D eigenvalue weighted by Gasteiger charge is 2.23. The maximum Gasteiger partial charge on any atom is 0.197 e. The van der Waals surface area contributed by atoms with Crippen LogP contribution in [0.15, 0.2) is 30.5 Å². The molecule has 2 aromatic rings. The van der Waals surface area contributed by atoms with Crippen molar-refractivity contribution in [2.45, 2.75) is 32.4 Å². The summed E-state index contributed by atoms with van der Waals surface area (Å²) in [4.78, 5) is 7.93. The minimum absolute atomic E-state index is 0.561. The van der Waals surface area contributed by atoms with E-state index in [1.54, 1.807) is 11.3 Å². The average molecular weight is 274 g/mol. The van der Waals surface area contributed by atoms with Gasteiger partial charge in [0.05, 0.1) is 6.54 Å². The quantitative estimate of drug-likeness (QED) is 0.667. The van der Waals surface area contributed by atoms with Crippen molar-refractivity contribution in [3.8, 4) is 0 Å². The van der Waals surface area contributed by atoms with Crippen LogP contribution in [0, 0.1) is 0 Å². The maximum atomic E-state index is 5.38. The summed E-state index contributed by atoms with van der Waals surface area (Å²) in [6.07, 6.45) is 4.29. The average Bonchev–Trinajstić information content (AvgIpc) is 2.90. The first-order valence-electron chi connectivity index (χ1n) is 6.54. The Labute approximate surface area is 117 Å². The molecular formula is C14H18N4S. The number of hydrogen-bond acceptors (Lipinski definition) is 5. The van der Waals surface area contributed by atoms with Crippen molar-refractivity contribution in [3.63, 3.8) is 0 Å². The van der Waals surface area contributed by atoms with Crippen LogP contribution in [-0.4, -0.2) is 11.0 Å². The number of benzene rings is 1. The third kappa shape index (κ3) is 2.43. The van der Waals surface area contributed by atoms with Gasteiger partial charge < -0.3 is 4.90 Å². The predicted molar refractivity (Wildman–Crippen MR) is 80.3 cm³/mol. The number of anilines is 2. The Balaban J connectivity index is 1.87. The highest BCUT2D eigenvalue weighted by molar-refractivity contribution is 7.15. The second-order valence-electron chi connectivity index (χ2n) is 4.92. The molecule has 5 heteroatoms. The first kappa shape index (κ1) is 12.4. The van der Waals surface area contributed by atoms with Gasteiger partial charge in [0.15, 0.2) is 5.13 Å². The van der Waals surface area contributed by atoms with Gasteiger partial charge in [-0.05, 0) is 31.4 Å². The lowest BCUT2D eigenvalue weighted by atomic mass is 9.97. The summed E-state index contributed by atoms with van der Waals surface area (Å²) >= 11 is 1.61. The van der Waals surface area contributed by atoms with E-state index in [4.69, 9.17) is 5.84 Å². The Morgan fingerprint density at radius 1 is 1.47 bits per heavy atom. The molecule has 1 unspecified atom stereocenters. The predicted octanol–water partition coefficient (Wildman–Crippen LogP) is 2.77. The summed E-state index contributed by atoms with van der Waals surface area (Å²) in [5.74, 6) is 5.38. The SMILES string of the molecule is CC1CCc2ccccc2N1Cc1cnc(NN)s1. The zero-order valence-electron chi connectivity index (χ0n) is 11.0. The van der Waals surface area contributed by atoms with Crippen molar-refractivity contribution in [1.82, 2.24) is 4.98 Å². The maximum absolute atomic E-state index is 5.38. The second-order valence-corrected chi connectivity index (χ2v) is 6.04. The van der Waals surface area contributed by atoms with Gasteiger partial charge in [-0.2, -0.15) is 0 Å². The number of para-hydroxylation sites is 1. The lowest BCUT2D eigenvalue weighted by Crippen LogP contribution is -2.36. The minimum Gasteiger partial charge on any atom is -0.363 e. The van der Waals surface area contributed by atoms with Crippen LogP contribution in [0.4, 0.5) is 10.8 Å². The number of hydrogen-bond donors (Lipinski definition) is 2. The molecule has 100 valence electrons. The number of fused-ring (bicyclic) bond motifs is 1. The summed E-state index contributed by atoms with van der Waals surface area (Å²) in [7, 11) is 0. The smallest absolute Gasteiger partial charge is 0.197 e. The number of nitrogen functional groups attached to an aromatic ring is 1. The van der Waals surface area contributed by atoms with E-state index in [9.17, 15) is 0 Å². The van der Waals surface area contributed by atoms with Crippen LogP contribution >= 0.6 is 11.3 Å². The molecule has 3 N–H and O–H groups in total. The van der Waals surface area contributed by atoms with E-state index >= 15 is 0 Å². The normalized spacial score (nSPS) is 18.2. The van der Waals surface area contributed by atoms with Crippen molar-refractivity contribution >= 4 is 22.2 Å². The van der Waals surface area contributed by atoms with Crippen LogP contribution < -0.4 is 16.2 Å². The molecular weight excluding hydrogens is 256 g/mol. The number of nitrogens with two attached hydrogens (primary N) is 1. The van der Waals surface area contributed by atoms with Gasteiger partial charge >= 0.3 is 0 Å². The highest BCUT2D eigenvalue weighted by Crippen LogP contribution is 2.32. The second kappa shape index (κ2) is 5.19. The molecule has 0 bridgehead atoms. The monoisotopic (exact) mass is 274 g/mol. The molecule has 4 nitrogen and oxygen atoms in total. The molecule has 0 amide bonds. The van der Waals surface area contributed by atoms with E-state index in [1.807, 2.05) is 6.20 Å². The molecule has 0 fully saturated rings. The van der Waals surface area contributed by atoms with Crippen LogP contribution in [0.5, 0.6) is 0 Å². The van der Waals surface area contributed by atoms with Crippen molar-refractivity contribution in [3.05, 3.63) is 40.9 Å². The number of nitrogens with one attached hydrogen (secondary N) is 1. The zero-order chi connectivity index (χ0) is 13.2. The van der Waals surface area contributed by atoms with Gasteiger partial charge in [-0.1, -0.05) is 29.5 Å². The first-order chi connectivity index (χ1) is 9.28. The van der Waals surface area contributed by atoms with Crippen molar-refractivity contribution in [2.75, 3.05) is 10.3 Å². The van der Waals surface area contributed by atoms with Gasteiger partial charge in [0.25, 0.3) is 0 Å². The van der Waals surface area contributed by atoms with Gasteiger partial charge in [-0.3, -0.25) is 5.43 Å². The molecule has 0 saturated carbocycles. The molecule has 1 atom stereocenters. The fraction of sp³-hybridized carbons (Fsp3) is 0.357. The van der Waals surface area contributed by atoms with Crippen molar-refractivity contribution in [1.29, 1.82) is 0 Å². The molecule has 1 aliphatic heterocycles. The Hall–Kier alpha value is -1.59. The number of thiazole rings is 1. The first-order valence-corrected chi connectivity index (χ1v) is 7.35. The number of aromatic nitrogens is 1. The van der Waals surface area contributed by atoms with Gasteiger partial charge in [0, 0.05) is 22.8 Å². The van der Waals surface area contributed by atoms with E-state index in [0.717, 1.165) is 11.7 Å². The van der Waals surface area contributed by atoms with E-state index in [2.05, 4.69) is 46.5 Å². The van der Waals surface area contributed by atoms with Crippen LogP contribution in [0.3, 0.4) is 0 Å². The molecule has 1 aromatic carbocycles. The fourth-order valence-corrected chi connectivity index (χ4v) is 3.34. The summed E-state index contributed by atoms with van der Waals surface area (Å²) in [5, 5.41) is 0.771. The third-order valence-corrected chi connectivity index (χ3v) is 4.58. The Morgan fingerprint density at radius 3 is 3.11 bits per heavy atom. The molecule has 1 aliphatic rings. The van der Waals surface area contributed by atoms with Gasteiger partial charge in [-0.25, -0.2) is 10.8 Å². The number of rotatable bonds is 3. The zero-order valence-corrected chi connectivity index (χ0v) is 11.8. The number of aryl methyl sites for hydroxylation is 1. The van der Waals surface area contributed by atoms with Crippen molar-refractivity contribution in [2.24, 2.45) is 5.84 Å². The Morgan fingerprint density at radius 2 is 2.32 bits per heavy atom. The molecule has 3 rings (SSSR count). The third-order valence-electron chi connectivity index (χ3n) is 3.67. The van der Waals surface area contributed by atoms with Crippen LogP contribution in [0.1, 0.15) is 23.8 Å². The molecule has 0 radical (unpaired) electrons. The van der Waals surface area contributed by atoms with Crippen molar-refractivity contribution < 1.29 is 0 Å². The molecule has 19 heavy (non-hydrogen) atoms. The Kier molecular flexibility index (Phi) is 3.40. The molecule has 2 heterocycles. The van der Waals surface area contributed by atoms with E-state index in [-0.39, 0.29) is 0 Å². The van der Waals surface area contributed by atoms with E-state index in [1.165, 1.54) is 29.0 Å². The van der Waals surface area contributed by atoms with Crippen LogP contribution in [0.25, 0.3) is 0 Å². The Bertz CT molecular complexity index is 566. The highest BCUT2D eigenvalue weighted by atomic mass is 32.1. The van der Waals surface area contributed by atoms with Gasteiger partial charge in [0.1, 0.15) is 0 Å². The van der Waals surface area contributed by atoms with Gasteiger partial charge in [-0.15, -0.1) is 0 Å². The topological polar surface area (TPSA) is 54.2 Å². The summed E-state index contributed by atoms with van der Waals surface area (Å²) in [5.41, 5.74) is 5.41. The lowest BCUT2D eigenvalue weighted by Gasteiger charge is -2.36. The standard InChI is InChI=1S/C14H18N4S/c1-10-6-7-11-4-2-3-5-13(11)18(10)9-12-8-16-14(17-15)19-12/h2-5,8,10H,6-7,9,15H2,1H3,(H,16,17). The number of nitrogens with zero attached hydrogens (tertiary/aromatic N) is 2. The largest absolute Gasteiger partial charge is 0.363 e. The lowest BCUT2D eigenvalue weighted by molar-refractivity contribution is 0.562. The molecule has 0 aliphatic carbocycles. The molecule has 1 aromatic heterocycles. The van der Waals surface area contributed by atoms with Crippen LogP contribution in [-0.2, 0) is 13.0 Å². The van der Waals surface area contributed by atoms with Crippen LogP contribution in [0.2, 0.25) is 0 Å². The summed E-state index contributed by atoms with van der Waals surface area (Å²) < 4.78 is 0. The van der Waals surface area contributed by atoms with E-state index < -0.39 is 0 Å². The summed E-state index contributed by atoms with van der Waals surface area (Å²) in [6, 6.07) is 9.24.